The number of imidazole rings is 1. The van der Waals surface area contributed by atoms with E-state index in [4.69, 9.17) is 0 Å². The average molecular weight is 457 g/mol. The maximum absolute atomic E-state index is 13.0. The number of aromatic amines is 1. The zero-order valence-electron chi connectivity index (χ0n) is 18.0. The van der Waals surface area contributed by atoms with Crippen LogP contribution in [0.4, 0.5) is 9.80 Å². The van der Waals surface area contributed by atoms with Gasteiger partial charge in [-0.05, 0) is 18.6 Å². The molecule has 1 unspecified atom stereocenters. The lowest BCUT2D eigenvalue weighted by Crippen LogP contribution is -2.46. The van der Waals surface area contributed by atoms with Crippen molar-refractivity contribution in [2.75, 3.05) is 37.6 Å². The lowest BCUT2D eigenvalue weighted by molar-refractivity contribution is 0.0929. The normalized spacial score (nSPS) is 14.8. The Labute approximate surface area is 190 Å². The topological polar surface area (TPSA) is 127 Å². The predicted molar refractivity (Wildman–Crippen MR) is 125 cm³/mol. The Kier molecular flexibility index (Phi) is 7.17. The number of carbonyl (C=O) groups is 2. The van der Waals surface area contributed by atoms with Crippen molar-refractivity contribution in [2.24, 2.45) is 0 Å². The molecule has 0 bridgehead atoms. The van der Waals surface area contributed by atoms with Gasteiger partial charge in [0.25, 0.3) is 5.91 Å². The number of nitrogens with zero attached hydrogens (tertiary/aromatic N) is 3. The van der Waals surface area contributed by atoms with Crippen molar-refractivity contribution in [3.05, 3.63) is 41.3 Å². The van der Waals surface area contributed by atoms with Crippen LogP contribution in [0.2, 0.25) is 0 Å². The van der Waals surface area contributed by atoms with E-state index in [9.17, 15) is 9.59 Å². The van der Waals surface area contributed by atoms with Crippen LogP contribution < -0.4 is 26.2 Å². The van der Waals surface area contributed by atoms with Crippen LogP contribution in [0.15, 0.2) is 30.5 Å². The molecule has 10 nitrogen and oxygen atoms in total. The minimum atomic E-state index is -0.830. The van der Waals surface area contributed by atoms with Gasteiger partial charge in [-0.2, -0.15) is 0 Å². The van der Waals surface area contributed by atoms with E-state index in [0.717, 1.165) is 55.1 Å². The second-order valence-corrected chi connectivity index (χ2v) is 8.55. The number of rotatable bonds is 8. The number of carbonyl (C=O) groups excluding carboxylic acids is 2. The third-order valence-electron chi connectivity index (χ3n) is 5.16. The van der Waals surface area contributed by atoms with Crippen molar-refractivity contribution in [3.63, 3.8) is 0 Å². The van der Waals surface area contributed by atoms with Crippen LogP contribution in [0.25, 0.3) is 11.0 Å². The van der Waals surface area contributed by atoms with Crippen LogP contribution in [0.5, 0.6) is 0 Å². The number of amides is 3. The molecule has 1 aliphatic rings. The summed E-state index contributed by atoms with van der Waals surface area (Å²) in [4.78, 5) is 39.6. The molecule has 0 spiro atoms. The summed E-state index contributed by atoms with van der Waals surface area (Å²) < 4.78 is 0. The summed E-state index contributed by atoms with van der Waals surface area (Å²) >= 11 is 1.34. The summed E-state index contributed by atoms with van der Waals surface area (Å²) in [6.45, 7) is 6.19. The Morgan fingerprint density at radius 2 is 2.03 bits per heavy atom. The first-order valence-corrected chi connectivity index (χ1v) is 11.7. The highest BCUT2D eigenvalue weighted by Crippen LogP contribution is 2.24. The molecule has 1 aliphatic heterocycles. The third-order valence-corrected chi connectivity index (χ3v) is 6.22. The van der Waals surface area contributed by atoms with Crippen molar-refractivity contribution < 1.29 is 9.59 Å². The van der Waals surface area contributed by atoms with Crippen molar-refractivity contribution >= 4 is 39.3 Å². The molecule has 0 radical (unpaired) electrons. The summed E-state index contributed by atoms with van der Waals surface area (Å²) in [6.07, 6.45) is 2.75. The SMILES string of the molecule is CCCCNC(=O)NC(NC(=O)c1ncc(N2CCNCC2)s1)c1nc2ccccc2[nH]1. The monoisotopic (exact) mass is 456 g/mol. The molecule has 5 N–H and O–H groups in total. The Morgan fingerprint density at radius 1 is 1.22 bits per heavy atom. The van der Waals surface area contributed by atoms with Crippen molar-refractivity contribution in [1.82, 2.24) is 36.2 Å². The van der Waals surface area contributed by atoms with Gasteiger partial charge in [0.15, 0.2) is 17.0 Å². The largest absolute Gasteiger partial charge is 0.360 e. The highest BCUT2D eigenvalue weighted by Gasteiger charge is 2.24. The van der Waals surface area contributed by atoms with Gasteiger partial charge in [-0.3, -0.25) is 4.79 Å². The summed E-state index contributed by atoms with van der Waals surface area (Å²) in [5, 5.41) is 13.1. The second-order valence-electron chi connectivity index (χ2n) is 7.54. The summed E-state index contributed by atoms with van der Waals surface area (Å²) in [7, 11) is 0. The van der Waals surface area contributed by atoms with Crippen LogP contribution in [-0.4, -0.2) is 59.6 Å². The zero-order chi connectivity index (χ0) is 22.3. The molecular weight excluding hydrogens is 428 g/mol. The van der Waals surface area contributed by atoms with Crippen molar-refractivity contribution in [2.45, 2.75) is 25.9 Å². The van der Waals surface area contributed by atoms with E-state index in [1.807, 2.05) is 24.3 Å². The van der Waals surface area contributed by atoms with Gasteiger partial charge in [-0.15, -0.1) is 0 Å². The van der Waals surface area contributed by atoms with E-state index in [-0.39, 0.29) is 11.9 Å². The lowest BCUT2D eigenvalue weighted by Gasteiger charge is -2.27. The molecule has 1 fully saturated rings. The number of urea groups is 1. The van der Waals surface area contributed by atoms with Crippen LogP contribution in [0.1, 0.15) is 41.6 Å². The second kappa shape index (κ2) is 10.4. The van der Waals surface area contributed by atoms with Crippen LogP contribution in [0, 0.1) is 0 Å². The molecule has 32 heavy (non-hydrogen) atoms. The number of anilines is 1. The Bertz CT molecular complexity index is 1030. The molecule has 0 saturated carbocycles. The number of nitrogens with one attached hydrogen (secondary N) is 5. The maximum atomic E-state index is 13.0. The molecule has 2 aromatic heterocycles. The maximum Gasteiger partial charge on any atom is 0.316 e. The van der Waals surface area contributed by atoms with Gasteiger partial charge >= 0.3 is 6.03 Å². The molecule has 1 atom stereocenters. The molecule has 3 aromatic rings. The van der Waals surface area contributed by atoms with Gasteiger partial charge in [-0.1, -0.05) is 36.8 Å². The standard InChI is InChI=1S/C21H28N8O2S/c1-2-3-8-23-21(31)28-18(17-25-14-6-4-5-7-15(14)26-17)27-19(30)20-24-13-16(32-20)29-11-9-22-10-12-29/h4-7,13,18,22H,2-3,8-12H2,1H3,(H,25,26)(H,27,30)(H2,23,28,31). The quantitative estimate of drug-likeness (QED) is 0.260. The first-order valence-electron chi connectivity index (χ1n) is 10.9. The Hall–Kier alpha value is -3.18. The third kappa shape index (κ3) is 5.35. The molecule has 170 valence electrons. The fraction of sp³-hybridized carbons (Fsp3) is 0.429. The van der Waals surface area contributed by atoms with Gasteiger partial charge in [0.2, 0.25) is 0 Å². The summed E-state index contributed by atoms with van der Waals surface area (Å²) in [5.74, 6) is 0.0831. The van der Waals surface area contributed by atoms with E-state index in [1.165, 1.54) is 11.3 Å². The molecule has 3 amide bonds. The number of hydrogen-bond donors (Lipinski definition) is 5. The number of hydrogen-bond acceptors (Lipinski definition) is 7. The molecule has 11 heteroatoms. The highest BCUT2D eigenvalue weighted by atomic mass is 32.1. The molecule has 4 rings (SSSR count). The smallest absolute Gasteiger partial charge is 0.316 e. The summed E-state index contributed by atoms with van der Waals surface area (Å²) in [5.41, 5.74) is 1.58. The minimum absolute atomic E-state index is 0.341. The number of thiazole rings is 1. The Morgan fingerprint density at radius 3 is 2.81 bits per heavy atom. The van der Waals surface area contributed by atoms with Gasteiger partial charge in [-0.25, -0.2) is 14.8 Å². The van der Waals surface area contributed by atoms with Gasteiger partial charge in [0, 0.05) is 32.7 Å². The minimum Gasteiger partial charge on any atom is -0.360 e. The van der Waals surface area contributed by atoms with E-state index in [1.54, 1.807) is 6.20 Å². The van der Waals surface area contributed by atoms with Crippen LogP contribution in [0.3, 0.4) is 0 Å². The van der Waals surface area contributed by atoms with Gasteiger partial charge in [0.1, 0.15) is 5.00 Å². The number of benzene rings is 1. The number of fused-ring (bicyclic) bond motifs is 1. The number of piperazine rings is 1. The fourth-order valence-corrected chi connectivity index (χ4v) is 4.31. The molecule has 1 aromatic carbocycles. The molecule has 1 saturated heterocycles. The van der Waals surface area contributed by atoms with Crippen LogP contribution >= 0.6 is 11.3 Å². The first kappa shape index (κ1) is 22.0. The molecule has 3 heterocycles. The van der Waals surface area contributed by atoms with E-state index < -0.39 is 6.17 Å². The number of para-hydroxylation sites is 2. The lowest BCUT2D eigenvalue weighted by atomic mass is 10.3. The highest BCUT2D eigenvalue weighted by molar-refractivity contribution is 7.17. The van der Waals surface area contributed by atoms with E-state index in [2.05, 4.69) is 48.0 Å². The number of unbranched alkanes of at least 4 members (excludes halogenated alkanes) is 1. The van der Waals surface area contributed by atoms with Crippen LogP contribution in [-0.2, 0) is 0 Å². The predicted octanol–water partition coefficient (Wildman–Crippen LogP) is 1.96. The average Bonchev–Trinajstić information content (AvgIpc) is 3.47. The van der Waals surface area contributed by atoms with Gasteiger partial charge in [0.05, 0.1) is 17.2 Å². The molecule has 0 aliphatic carbocycles. The summed E-state index contributed by atoms with van der Waals surface area (Å²) in [6, 6.07) is 7.18. The first-order chi connectivity index (χ1) is 15.6. The number of aromatic nitrogens is 3. The fourth-order valence-electron chi connectivity index (χ4n) is 3.44. The van der Waals surface area contributed by atoms with Crippen molar-refractivity contribution in [3.8, 4) is 0 Å². The number of H-pyrrole nitrogens is 1. The zero-order valence-corrected chi connectivity index (χ0v) is 18.8. The van der Waals surface area contributed by atoms with E-state index in [0.29, 0.717) is 17.4 Å². The van der Waals surface area contributed by atoms with E-state index >= 15 is 0 Å². The van der Waals surface area contributed by atoms with Crippen molar-refractivity contribution in [1.29, 1.82) is 0 Å². The Balaban J connectivity index is 1.49. The van der Waals surface area contributed by atoms with Gasteiger partial charge < -0.3 is 31.2 Å². The molecular formula is C21H28N8O2S.